The lowest BCUT2D eigenvalue weighted by Gasteiger charge is -2.34. The summed E-state index contributed by atoms with van der Waals surface area (Å²) >= 11 is 3.16. The number of nitrogen functional groups attached to an aromatic ring is 1. The zero-order chi connectivity index (χ0) is 14.5. The van der Waals surface area contributed by atoms with Crippen LogP contribution >= 0.6 is 23.1 Å². The average molecular weight is 323 g/mol. The van der Waals surface area contributed by atoms with Gasteiger partial charge in [-0.15, -0.1) is 10.2 Å². The maximum absolute atomic E-state index is 5.57. The summed E-state index contributed by atoms with van der Waals surface area (Å²) in [5.41, 5.74) is 5.57. The Labute approximate surface area is 131 Å². The summed E-state index contributed by atoms with van der Waals surface area (Å²) in [6.45, 7) is 5.07. The van der Waals surface area contributed by atoms with Gasteiger partial charge in [-0.2, -0.15) is 0 Å². The van der Waals surface area contributed by atoms with E-state index in [1.165, 1.54) is 11.3 Å². The number of nitrogens with two attached hydrogens (primary N) is 1. The Hall–Kier alpha value is -1.45. The topological polar surface area (TPSA) is 84.1 Å². The lowest BCUT2D eigenvalue weighted by Crippen LogP contribution is -2.47. The van der Waals surface area contributed by atoms with Crippen LogP contribution in [0.5, 0.6) is 0 Å². The summed E-state index contributed by atoms with van der Waals surface area (Å²) in [5.74, 6) is 1.84. The normalized spacial score (nSPS) is 16.3. The van der Waals surface area contributed by atoms with E-state index in [2.05, 4.69) is 30.0 Å². The summed E-state index contributed by atoms with van der Waals surface area (Å²) in [6, 6.07) is 1.84. The molecule has 0 amide bonds. The molecule has 3 rings (SSSR count). The van der Waals surface area contributed by atoms with Gasteiger partial charge in [0.25, 0.3) is 0 Å². The number of thioether (sulfide) groups is 1. The van der Waals surface area contributed by atoms with Crippen LogP contribution in [0.15, 0.2) is 22.8 Å². The highest BCUT2D eigenvalue weighted by Gasteiger charge is 2.18. The molecule has 1 aliphatic rings. The van der Waals surface area contributed by atoms with Gasteiger partial charge in [-0.05, 0) is 6.07 Å². The van der Waals surface area contributed by atoms with Gasteiger partial charge < -0.3 is 10.6 Å². The Kier molecular flexibility index (Phi) is 4.84. The maximum atomic E-state index is 5.57. The van der Waals surface area contributed by atoms with Gasteiger partial charge in [0, 0.05) is 50.9 Å². The molecule has 0 atom stereocenters. The van der Waals surface area contributed by atoms with E-state index in [0.29, 0.717) is 5.13 Å². The largest absolute Gasteiger partial charge is 0.374 e. The van der Waals surface area contributed by atoms with Crippen LogP contribution in [0.1, 0.15) is 0 Å². The first-order chi connectivity index (χ1) is 10.3. The third-order valence-corrected chi connectivity index (χ3v) is 5.13. The number of anilines is 2. The van der Waals surface area contributed by atoms with Gasteiger partial charge in [0.15, 0.2) is 4.34 Å². The number of aromatic nitrogens is 4. The molecule has 2 aromatic heterocycles. The molecule has 112 valence electrons. The monoisotopic (exact) mass is 323 g/mol. The molecule has 0 spiro atoms. The van der Waals surface area contributed by atoms with Gasteiger partial charge in [-0.25, -0.2) is 9.97 Å². The highest BCUT2D eigenvalue weighted by atomic mass is 32.2. The fourth-order valence-electron chi connectivity index (χ4n) is 2.17. The zero-order valence-corrected chi connectivity index (χ0v) is 13.2. The van der Waals surface area contributed by atoms with Crippen LogP contribution in [0.2, 0.25) is 0 Å². The van der Waals surface area contributed by atoms with Crippen molar-refractivity contribution < 1.29 is 0 Å². The van der Waals surface area contributed by atoms with Gasteiger partial charge in [0.1, 0.15) is 0 Å². The lowest BCUT2D eigenvalue weighted by molar-refractivity contribution is 0.272. The Bertz CT molecular complexity index is 554. The number of nitrogens with zero attached hydrogens (tertiary/aromatic N) is 6. The zero-order valence-electron chi connectivity index (χ0n) is 11.6. The molecule has 0 radical (unpaired) electrons. The molecule has 0 unspecified atom stereocenters. The van der Waals surface area contributed by atoms with E-state index in [-0.39, 0.29) is 0 Å². The van der Waals surface area contributed by atoms with Crippen LogP contribution in [0.4, 0.5) is 11.1 Å². The molecular weight excluding hydrogens is 306 g/mol. The Morgan fingerprint density at radius 1 is 1.14 bits per heavy atom. The second-order valence-corrected chi connectivity index (χ2v) is 6.98. The van der Waals surface area contributed by atoms with E-state index in [9.17, 15) is 0 Å². The van der Waals surface area contributed by atoms with Crippen molar-refractivity contribution in [1.82, 2.24) is 25.1 Å². The van der Waals surface area contributed by atoms with E-state index < -0.39 is 0 Å². The molecule has 7 nitrogen and oxygen atoms in total. The molecule has 1 saturated heterocycles. The Morgan fingerprint density at radius 3 is 2.57 bits per heavy atom. The first kappa shape index (κ1) is 14.5. The predicted molar refractivity (Wildman–Crippen MR) is 85.7 cm³/mol. The van der Waals surface area contributed by atoms with Crippen molar-refractivity contribution in [3.05, 3.63) is 18.5 Å². The predicted octanol–water partition coefficient (Wildman–Crippen LogP) is 0.825. The number of hydrogen-bond acceptors (Lipinski definition) is 9. The van der Waals surface area contributed by atoms with Crippen LogP contribution in [-0.2, 0) is 0 Å². The van der Waals surface area contributed by atoms with E-state index in [0.717, 1.165) is 48.8 Å². The van der Waals surface area contributed by atoms with Crippen LogP contribution in [0.25, 0.3) is 0 Å². The lowest BCUT2D eigenvalue weighted by atomic mass is 10.3. The quantitative estimate of drug-likeness (QED) is 0.810. The van der Waals surface area contributed by atoms with Crippen LogP contribution < -0.4 is 10.6 Å². The molecule has 0 saturated carbocycles. The van der Waals surface area contributed by atoms with E-state index in [1.807, 2.05) is 6.07 Å². The second-order valence-electron chi connectivity index (χ2n) is 4.63. The Balaban J connectivity index is 1.40. The molecule has 1 aliphatic heterocycles. The summed E-state index contributed by atoms with van der Waals surface area (Å²) < 4.78 is 0.948. The van der Waals surface area contributed by atoms with Gasteiger partial charge >= 0.3 is 0 Å². The average Bonchev–Trinajstić information content (AvgIpc) is 2.94. The summed E-state index contributed by atoms with van der Waals surface area (Å²) in [7, 11) is 0. The van der Waals surface area contributed by atoms with Crippen molar-refractivity contribution >= 4 is 34.2 Å². The molecule has 3 heterocycles. The van der Waals surface area contributed by atoms with Gasteiger partial charge in [0.05, 0.1) is 0 Å². The van der Waals surface area contributed by atoms with Crippen molar-refractivity contribution in [3.8, 4) is 0 Å². The smallest absolute Gasteiger partial charge is 0.225 e. The molecule has 2 N–H and O–H groups in total. The highest BCUT2D eigenvalue weighted by molar-refractivity contribution is 8.01. The molecular formula is C12H17N7S2. The highest BCUT2D eigenvalue weighted by Crippen LogP contribution is 2.23. The van der Waals surface area contributed by atoms with Crippen molar-refractivity contribution in [2.45, 2.75) is 4.34 Å². The van der Waals surface area contributed by atoms with Crippen molar-refractivity contribution in [2.75, 3.05) is 49.1 Å². The van der Waals surface area contributed by atoms with Gasteiger partial charge in [-0.1, -0.05) is 23.1 Å². The van der Waals surface area contributed by atoms with Gasteiger partial charge in [0.2, 0.25) is 11.1 Å². The number of rotatable bonds is 5. The molecule has 1 fully saturated rings. The number of hydrogen-bond donors (Lipinski definition) is 1. The first-order valence-corrected chi connectivity index (χ1v) is 8.57. The van der Waals surface area contributed by atoms with E-state index in [4.69, 9.17) is 5.73 Å². The fourth-order valence-corrected chi connectivity index (χ4v) is 3.87. The maximum Gasteiger partial charge on any atom is 0.225 e. The van der Waals surface area contributed by atoms with Crippen molar-refractivity contribution in [1.29, 1.82) is 0 Å². The summed E-state index contributed by atoms with van der Waals surface area (Å²) in [5, 5.41) is 8.37. The van der Waals surface area contributed by atoms with Gasteiger partial charge in [-0.3, -0.25) is 4.90 Å². The number of piperazine rings is 1. The minimum atomic E-state index is 0.536. The molecule has 0 bridgehead atoms. The fraction of sp³-hybridized carbons (Fsp3) is 0.500. The second kappa shape index (κ2) is 7.01. The first-order valence-electron chi connectivity index (χ1n) is 6.77. The van der Waals surface area contributed by atoms with E-state index >= 15 is 0 Å². The Morgan fingerprint density at radius 2 is 1.90 bits per heavy atom. The van der Waals surface area contributed by atoms with Crippen LogP contribution in [0.3, 0.4) is 0 Å². The molecule has 2 aromatic rings. The molecule has 0 aliphatic carbocycles. The third-order valence-electron chi connectivity index (χ3n) is 3.26. The standard InChI is InChI=1S/C12H17N7S2/c13-10-16-17-12(21-10)20-9-8-18-4-6-19(7-5-18)11-14-2-1-3-15-11/h1-3H,4-9H2,(H2,13,16). The summed E-state index contributed by atoms with van der Waals surface area (Å²) in [4.78, 5) is 13.3. The third kappa shape index (κ3) is 4.02. The van der Waals surface area contributed by atoms with Crippen LogP contribution in [0, 0.1) is 0 Å². The van der Waals surface area contributed by atoms with Crippen molar-refractivity contribution in [3.63, 3.8) is 0 Å². The summed E-state index contributed by atoms with van der Waals surface area (Å²) in [6.07, 6.45) is 3.58. The minimum Gasteiger partial charge on any atom is -0.374 e. The molecule has 9 heteroatoms. The molecule has 0 aromatic carbocycles. The molecule has 21 heavy (non-hydrogen) atoms. The van der Waals surface area contributed by atoms with Crippen LogP contribution in [-0.4, -0.2) is 63.5 Å². The minimum absolute atomic E-state index is 0.536. The van der Waals surface area contributed by atoms with E-state index in [1.54, 1.807) is 24.2 Å². The SMILES string of the molecule is Nc1nnc(SCCN2CCN(c3ncccn3)CC2)s1. The van der Waals surface area contributed by atoms with Crippen molar-refractivity contribution in [2.24, 2.45) is 0 Å².